The lowest BCUT2D eigenvalue weighted by molar-refractivity contribution is 0.0997. The lowest BCUT2D eigenvalue weighted by atomic mass is 10.1. The summed E-state index contributed by atoms with van der Waals surface area (Å²) in [5, 5.41) is 11.3. The Hall–Kier alpha value is -3.81. The molecule has 1 amide bonds. The van der Waals surface area contributed by atoms with Crippen molar-refractivity contribution in [2.24, 2.45) is 0 Å². The highest BCUT2D eigenvalue weighted by molar-refractivity contribution is 6.07. The van der Waals surface area contributed by atoms with Gasteiger partial charge >= 0.3 is 0 Å². The molecule has 29 heavy (non-hydrogen) atoms. The predicted octanol–water partition coefficient (Wildman–Crippen LogP) is 4.37. The van der Waals surface area contributed by atoms with Crippen LogP contribution in [0.1, 0.15) is 21.7 Å². The standard InChI is InChI=1S/C21H19N3O5/c1-11-5-7-15-14(9-11)12(2)19(28-15)21(25)22-20-18(23-29-24-20)13-6-8-16(26-3)17(10-13)27-4/h5-10H,1-4H3,(H,22,24,25). The third kappa shape index (κ3) is 3.29. The van der Waals surface area contributed by atoms with Crippen molar-refractivity contribution in [3.8, 4) is 22.8 Å². The van der Waals surface area contributed by atoms with Gasteiger partial charge in [-0.05, 0) is 54.5 Å². The fourth-order valence-corrected chi connectivity index (χ4v) is 3.16. The first-order valence-corrected chi connectivity index (χ1v) is 8.88. The number of anilines is 1. The number of carbonyl (C=O) groups is 1. The van der Waals surface area contributed by atoms with Crippen molar-refractivity contribution >= 4 is 22.7 Å². The van der Waals surface area contributed by atoms with Crippen LogP contribution in [0.2, 0.25) is 0 Å². The zero-order valence-electron chi connectivity index (χ0n) is 16.4. The quantitative estimate of drug-likeness (QED) is 0.537. The molecule has 0 atom stereocenters. The average Bonchev–Trinajstić information content (AvgIpc) is 3.32. The molecule has 1 N–H and O–H groups in total. The summed E-state index contributed by atoms with van der Waals surface area (Å²) < 4.78 is 21.2. The highest BCUT2D eigenvalue weighted by Crippen LogP contribution is 2.34. The predicted molar refractivity (Wildman–Crippen MR) is 106 cm³/mol. The Morgan fingerprint density at radius 3 is 2.55 bits per heavy atom. The van der Waals surface area contributed by atoms with Gasteiger partial charge < -0.3 is 13.9 Å². The highest BCUT2D eigenvalue weighted by Gasteiger charge is 2.22. The van der Waals surface area contributed by atoms with E-state index < -0.39 is 5.91 Å². The molecule has 0 aliphatic carbocycles. The normalized spacial score (nSPS) is 10.9. The van der Waals surface area contributed by atoms with Crippen molar-refractivity contribution in [1.82, 2.24) is 10.3 Å². The molecule has 4 aromatic rings. The highest BCUT2D eigenvalue weighted by atomic mass is 16.6. The maximum absolute atomic E-state index is 12.8. The number of hydrogen-bond acceptors (Lipinski definition) is 7. The largest absolute Gasteiger partial charge is 0.493 e. The molecule has 0 fully saturated rings. The molecule has 0 radical (unpaired) electrons. The minimum Gasteiger partial charge on any atom is -0.493 e. The Morgan fingerprint density at radius 2 is 1.79 bits per heavy atom. The Morgan fingerprint density at radius 1 is 1.00 bits per heavy atom. The summed E-state index contributed by atoms with van der Waals surface area (Å²) in [5.74, 6) is 1.05. The summed E-state index contributed by atoms with van der Waals surface area (Å²) in [6.07, 6.45) is 0. The van der Waals surface area contributed by atoms with E-state index in [1.807, 2.05) is 32.0 Å². The summed E-state index contributed by atoms with van der Waals surface area (Å²) in [7, 11) is 3.09. The number of nitrogens with one attached hydrogen (secondary N) is 1. The molecule has 0 spiro atoms. The maximum Gasteiger partial charge on any atom is 0.292 e. The smallest absolute Gasteiger partial charge is 0.292 e. The molecule has 0 saturated carbocycles. The minimum absolute atomic E-state index is 0.179. The third-order valence-electron chi connectivity index (χ3n) is 4.68. The third-order valence-corrected chi connectivity index (χ3v) is 4.68. The fraction of sp³-hybridized carbons (Fsp3) is 0.190. The first-order chi connectivity index (χ1) is 14.0. The lowest BCUT2D eigenvalue weighted by Crippen LogP contribution is -2.13. The van der Waals surface area contributed by atoms with Crippen LogP contribution in [-0.4, -0.2) is 30.4 Å². The van der Waals surface area contributed by atoms with Gasteiger partial charge in [0.15, 0.2) is 23.0 Å². The van der Waals surface area contributed by atoms with Crippen molar-refractivity contribution in [2.45, 2.75) is 13.8 Å². The van der Waals surface area contributed by atoms with Crippen molar-refractivity contribution in [2.75, 3.05) is 19.5 Å². The SMILES string of the molecule is COc1ccc(-c2nonc2NC(=O)c2oc3ccc(C)cc3c2C)cc1OC. The Bertz CT molecular complexity index is 1210. The number of amides is 1. The topological polar surface area (TPSA) is 99.6 Å². The van der Waals surface area contributed by atoms with E-state index in [4.69, 9.17) is 18.5 Å². The number of aromatic nitrogens is 2. The van der Waals surface area contributed by atoms with Crippen molar-refractivity contribution in [3.05, 3.63) is 53.3 Å². The number of aryl methyl sites for hydroxylation is 2. The van der Waals surface area contributed by atoms with E-state index in [1.165, 1.54) is 7.11 Å². The number of methoxy groups -OCH3 is 2. The van der Waals surface area contributed by atoms with Crippen LogP contribution in [0.3, 0.4) is 0 Å². The molecule has 8 nitrogen and oxygen atoms in total. The number of hydrogen-bond donors (Lipinski definition) is 1. The van der Waals surface area contributed by atoms with Crippen LogP contribution in [0.4, 0.5) is 5.82 Å². The molecule has 148 valence electrons. The van der Waals surface area contributed by atoms with E-state index >= 15 is 0 Å². The van der Waals surface area contributed by atoms with E-state index in [9.17, 15) is 4.79 Å². The van der Waals surface area contributed by atoms with Gasteiger partial charge in [-0.15, -0.1) is 0 Å². The molecule has 0 aliphatic heterocycles. The molecule has 2 heterocycles. The van der Waals surface area contributed by atoms with Gasteiger partial charge in [-0.1, -0.05) is 11.6 Å². The zero-order valence-corrected chi connectivity index (χ0v) is 16.4. The molecular formula is C21H19N3O5. The average molecular weight is 393 g/mol. The van der Waals surface area contributed by atoms with Gasteiger partial charge in [-0.3, -0.25) is 10.1 Å². The summed E-state index contributed by atoms with van der Waals surface area (Å²) >= 11 is 0. The first kappa shape index (κ1) is 18.5. The Kier molecular flexibility index (Phi) is 4.67. The van der Waals surface area contributed by atoms with Gasteiger partial charge in [0.1, 0.15) is 5.58 Å². The molecule has 4 rings (SSSR count). The first-order valence-electron chi connectivity index (χ1n) is 8.88. The fourth-order valence-electron chi connectivity index (χ4n) is 3.16. The second kappa shape index (κ2) is 7.31. The lowest BCUT2D eigenvalue weighted by Gasteiger charge is -2.08. The minimum atomic E-state index is -0.436. The molecule has 2 aromatic heterocycles. The number of benzene rings is 2. The van der Waals surface area contributed by atoms with E-state index in [-0.39, 0.29) is 11.6 Å². The summed E-state index contributed by atoms with van der Waals surface area (Å²) in [4.78, 5) is 12.8. The van der Waals surface area contributed by atoms with E-state index in [0.29, 0.717) is 28.3 Å². The molecule has 2 aromatic carbocycles. The van der Waals surface area contributed by atoms with E-state index in [1.54, 1.807) is 25.3 Å². The van der Waals surface area contributed by atoms with Crippen molar-refractivity contribution < 1.29 is 23.3 Å². The van der Waals surface area contributed by atoms with Crippen LogP contribution < -0.4 is 14.8 Å². The molecule has 0 saturated heterocycles. The summed E-state index contributed by atoms with van der Waals surface area (Å²) in [6, 6.07) is 11.0. The molecule has 0 unspecified atom stereocenters. The zero-order chi connectivity index (χ0) is 20.5. The number of furan rings is 1. The van der Waals surface area contributed by atoms with Crippen molar-refractivity contribution in [1.29, 1.82) is 0 Å². The number of fused-ring (bicyclic) bond motifs is 1. The van der Waals surface area contributed by atoms with Crippen LogP contribution in [-0.2, 0) is 0 Å². The van der Waals surface area contributed by atoms with Crippen LogP contribution in [0.15, 0.2) is 45.4 Å². The number of ether oxygens (including phenoxy) is 2. The van der Waals surface area contributed by atoms with Gasteiger partial charge in [0, 0.05) is 16.5 Å². The number of nitrogens with zero attached hydrogens (tertiary/aromatic N) is 2. The second-order valence-electron chi connectivity index (χ2n) is 6.54. The van der Waals surface area contributed by atoms with Crippen LogP contribution in [0.5, 0.6) is 11.5 Å². The molecule has 0 aliphatic rings. The Balaban J connectivity index is 1.66. The Labute approximate surface area is 166 Å². The van der Waals surface area contributed by atoms with Crippen LogP contribution in [0.25, 0.3) is 22.2 Å². The van der Waals surface area contributed by atoms with Crippen LogP contribution >= 0.6 is 0 Å². The van der Waals surface area contributed by atoms with Crippen LogP contribution in [0, 0.1) is 13.8 Å². The van der Waals surface area contributed by atoms with Gasteiger partial charge in [0.2, 0.25) is 5.82 Å². The van der Waals surface area contributed by atoms with Gasteiger partial charge in [0.05, 0.1) is 14.2 Å². The summed E-state index contributed by atoms with van der Waals surface area (Å²) in [5.41, 5.74) is 3.51. The van der Waals surface area contributed by atoms with Gasteiger partial charge in [-0.2, -0.15) is 0 Å². The second-order valence-corrected chi connectivity index (χ2v) is 6.54. The molecule has 0 bridgehead atoms. The van der Waals surface area contributed by atoms with Crippen molar-refractivity contribution in [3.63, 3.8) is 0 Å². The maximum atomic E-state index is 12.8. The molecule has 8 heteroatoms. The van der Waals surface area contributed by atoms with Gasteiger partial charge in [0.25, 0.3) is 5.91 Å². The van der Waals surface area contributed by atoms with Gasteiger partial charge in [-0.25, -0.2) is 4.63 Å². The number of carbonyl (C=O) groups excluding carboxylic acids is 1. The van der Waals surface area contributed by atoms with E-state index in [2.05, 4.69) is 15.6 Å². The molecular weight excluding hydrogens is 374 g/mol. The van der Waals surface area contributed by atoms with E-state index in [0.717, 1.165) is 16.5 Å². The summed E-state index contributed by atoms with van der Waals surface area (Å²) in [6.45, 7) is 3.83. The number of rotatable bonds is 5. The monoisotopic (exact) mass is 393 g/mol.